The van der Waals surface area contributed by atoms with Crippen molar-refractivity contribution < 1.29 is 27.1 Å². The molecule has 0 unspecified atom stereocenters. The minimum Gasteiger partial charge on any atom is -0.390 e. The van der Waals surface area contributed by atoms with Crippen LogP contribution >= 0.6 is 0 Å². The Morgan fingerprint density at radius 2 is 1.36 bits per heavy atom. The first-order chi connectivity index (χ1) is 5.96. The van der Waals surface area contributed by atoms with Crippen molar-refractivity contribution >= 4 is 0 Å². The number of rotatable bonds is 4. The van der Waals surface area contributed by atoms with Gasteiger partial charge in [-0.15, -0.1) is 0 Å². The molecule has 0 aliphatic carbocycles. The molecule has 0 aromatic rings. The molecule has 0 aromatic carbocycles. The largest absolute Gasteiger partial charge is 0.453 e. The first-order valence-corrected chi connectivity index (χ1v) is 4.13. The highest BCUT2D eigenvalue weighted by Gasteiger charge is 2.56. The minimum absolute atomic E-state index is 0.0847. The normalized spacial score (nSPS) is 14.6. The maximum Gasteiger partial charge on any atom is 0.453 e. The van der Waals surface area contributed by atoms with Gasteiger partial charge in [0.05, 0.1) is 5.60 Å². The van der Waals surface area contributed by atoms with Crippen molar-refractivity contribution in [1.82, 2.24) is 0 Å². The molecule has 0 spiro atoms. The van der Waals surface area contributed by atoms with Crippen molar-refractivity contribution in [3.63, 3.8) is 0 Å². The maximum atomic E-state index is 12.3. The molecule has 0 radical (unpaired) electrons. The van der Waals surface area contributed by atoms with E-state index in [-0.39, 0.29) is 12.8 Å². The molecule has 1 nitrogen and oxygen atoms in total. The molecule has 0 aliphatic rings. The third-order valence-electron chi connectivity index (χ3n) is 1.69. The van der Waals surface area contributed by atoms with Gasteiger partial charge in [-0.25, -0.2) is 0 Å². The van der Waals surface area contributed by atoms with Crippen molar-refractivity contribution in [2.75, 3.05) is 0 Å². The average Bonchev–Trinajstić information content (AvgIpc) is 1.80. The lowest BCUT2D eigenvalue weighted by Gasteiger charge is -2.22. The predicted molar refractivity (Wildman–Crippen MR) is 41.2 cm³/mol. The summed E-state index contributed by atoms with van der Waals surface area (Å²) in [4.78, 5) is 0. The van der Waals surface area contributed by atoms with Crippen LogP contribution in [0.3, 0.4) is 0 Å². The smallest absolute Gasteiger partial charge is 0.390 e. The van der Waals surface area contributed by atoms with Crippen LogP contribution < -0.4 is 0 Å². The molecule has 0 aromatic heterocycles. The Labute approximate surface area is 78.9 Å². The molecule has 0 saturated heterocycles. The fourth-order valence-electron chi connectivity index (χ4n) is 0.885. The van der Waals surface area contributed by atoms with Crippen molar-refractivity contribution in [3.8, 4) is 0 Å². The Kier molecular flexibility index (Phi) is 3.89. The molecule has 0 rings (SSSR count). The molecule has 1 N–H and O–H groups in total. The van der Waals surface area contributed by atoms with E-state index in [2.05, 4.69) is 0 Å². The fraction of sp³-hybridized carbons (Fsp3) is 1.00. The van der Waals surface area contributed by atoms with Gasteiger partial charge in [-0.2, -0.15) is 22.0 Å². The standard InChI is InChI=1S/C8H13F5O/c1-6(2,14)4-3-5-7(9,10)8(11,12)13/h14H,3-5H2,1-2H3. The van der Waals surface area contributed by atoms with E-state index in [1.54, 1.807) is 0 Å². The van der Waals surface area contributed by atoms with Crippen LogP contribution in [0.2, 0.25) is 0 Å². The van der Waals surface area contributed by atoms with Crippen LogP contribution in [-0.4, -0.2) is 22.8 Å². The molecule has 0 amide bonds. The summed E-state index contributed by atoms with van der Waals surface area (Å²) in [6, 6.07) is 0. The van der Waals surface area contributed by atoms with Crippen LogP contribution in [0.4, 0.5) is 22.0 Å². The summed E-state index contributed by atoms with van der Waals surface area (Å²) in [6.07, 6.45) is -7.22. The van der Waals surface area contributed by atoms with E-state index in [4.69, 9.17) is 5.11 Å². The molecule has 6 heteroatoms. The molecule has 0 atom stereocenters. The van der Waals surface area contributed by atoms with Crippen molar-refractivity contribution in [1.29, 1.82) is 0 Å². The lowest BCUT2D eigenvalue weighted by atomic mass is 10.00. The van der Waals surface area contributed by atoms with Gasteiger partial charge in [0.1, 0.15) is 0 Å². The molecule has 0 saturated carbocycles. The second kappa shape index (κ2) is 4.00. The van der Waals surface area contributed by atoms with Gasteiger partial charge in [-0.05, 0) is 26.7 Å². The van der Waals surface area contributed by atoms with Crippen LogP contribution in [0.5, 0.6) is 0 Å². The van der Waals surface area contributed by atoms with Crippen LogP contribution in [0, 0.1) is 0 Å². The predicted octanol–water partition coefficient (Wildman–Crippen LogP) is 3.13. The summed E-state index contributed by atoms with van der Waals surface area (Å²) in [7, 11) is 0. The van der Waals surface area contributed by atoms with E-state index in [9.17, 15) is 22.0 Å². The van der Waals surface area contributed by atoms with E-state index in [0.717, 1.165) is 0 Å². The van der Waals surface area contributed by atoms with Crippen molar-refractivity contribution in [3.05, 3.63) is 0 Å². The van der Waals surface area contributed by atoms with E-state index >= 15 is 0 Å². The number of halogens is 5. The Hall–Kier alpha value is -0.390. The topological polar surface area (TPSA) is 20.2 Å². The van der Waals surface area contributed by atoms with Gasteiger partial charge < -0.3 is 5.11 Å². The van der Waals surface area contributed by atoms with E-state index in [0.29, 0.717) is 0 Å². The van der Waals surface area contributed by atoms with Crippen molar-refractivity contribution in [2.24, 2.45) is 0 Å². The second-order valence-corrected chi connectivity index (χ2v) is 3.87. The summed E-state index contributed by atoms with van der Waals surface area (Å²) < 4.78 is 59.5. The monoisotopic (exact) mass is 220 g/mol. The van der Waals surface area contributed by atoms with Gasteiger partial charge in [0, 0.05) is 6.42 Å². The highest BCUT2D eigenvalue weighted by Crippen LogP contribution is 2.39. The summed E-state index contributed by atoms with van der Waals surface area (Å²) in [6.45, 7) is 2.72. The Morgan fingerprint density at radius 3 is 1.64 bits per heavy atom. The van der Waals surface area contributed by atoms with Gasteiger partial charge in [0.15, 0.2) is 0 Å². The zero-order chi connectivity index (χ0) is 11.6. The highest BCUT2D eigenvalue weighted by molar-refractivity contribution is 4.77. The molecule has 0 aliphatic heterocycles. The highest BCUT2D eigenvalue weighted by atomic mass is 19.4. The van der Waals surface area contributed by atoms with E-state index in [1.165, 1.54) is 13.8 Å². The summed E-state index contributed by atoms with van der Waals surface area (Å²) in [5.41, 5.74) is -1.21. The Bertz CT molecular complexity index is 179. The molecule has 0 bridgehead atoms. The van der Waals surface area contributed by atoms with E-state index < -0.39 is 24.1 Å². The van der Waals surface area contributed by atoms with Gasteiger partial charge in [0.25, 0.3) is 0 Å². The quantitative estimate of drug-likeness (QED) is 0.721. The Balaban J connectivity index is 4.02. The molecule has 86 valence electrons. The number of hydrogen-bond acceptors (Lipinski definition) is 1. The number of hydrogen-bond donors (Lipinski definition) is 1. The third kappa shape index (κ3) is 4.74. The minimum atomic E-state index is -5.49. The lowest BCUT2D eigenvalue weighted by molar-refractivity contribution is -0.285. The molecular weight excluding hydrogens is 207 g/mol. The molecular formula is C8H13F5O. The summed E-state index contributed by atoms with van der Waals surface area (Å²) >= 11 is 0. The van der Waals surface area contributed by atoms with Crippen LogP contribution in [0.15, 0.2) is 0 Å². The lowest BCUT2D eigenvalue weighted by Crippen LogP contribution is -2.36. The van der Waals surface area contributed by atoms with Crippen molar-refractivity contribution in [2.45, 2.75) is 50.8 Å². The summed E-state index contributed by atoms with van der Waals surface area (Å²) in [5, 5.41) is 9.09. The molecule has 0 fully saturated rings. The number of aliphatic hydroxyl groups is 1. The molecule has 0 heterocycles. The van der Waals surface area contributed by atoms with Gasteiger partial charge in [-0.3, -0.25) is 0 Å². The van der Waals surface area contributed by atoms with Crippen LogP contribution in [0.1, 0.15) is 33.1 Å². The first-order valence-electron chi connectivity index (χ1n) is 4.13. The maximum absolute atomic E-state index is 12.3. The molecule has 14 heavy (non-hydrogen) atoms. The Morgan fingerprint density at radius 1 is 0.929 bits per heavy atom. The van der Waals surface area contributed by atoms with Gasteiger partial charge >= 0.3 is 12.1 Å². The SMILES string of the molecule is CC(C)(O)CCCC(F)(F)C(F)(F)F. The first kappa shape index (κ1) is 13.6. The van der Waals surface area contributed by atoms with E-state index in [1.807, 2.05) is 0 Å². The second-order valence-electron chi connectivity index (χ2n) is 3.87. The zero-order valence-corrected chi connectivity index (χ0v) is 7.96. The summed E-state index contributed by atoms with van der Waals surface area (Å²) in [5.74, 6) is -4.65. The van der Waals surface area contributed by atoms with Gasteiger partial charge in [0.2, 0.25) is 0 Å². The number of alkyl halides is 5. The van der Waals surface area contributed by atoms with Gasteiger partial charge in [-0.1, -0.05) is 0 Å². The third-order valence-corrected chi connectivity index (χ3v) is 1.69. The van der Waals surface area contributed by atoms with Crippen LogP contribution in [-0.2, 0) is 0 Å². The average molecular weight is 220 g/mol. The fourth-order valence-corrected chi connectivity index (χ4v) is 0.885. The van der Waals surface area contributed by atoms with Crippen LogP contribution in [0.25, 0.3) is 0 Å². The zero-order valence-electron chi connectivity index (χ0n) is 7.96.